The predicted octanol–water partition coefficient (Wildman–Crippen LogP) is 3.96. The fourth-order valence-electron chi connectivity index (χ4n) is 3.37. The van der Waals surface area contributed by atoms with Crippen LogP contribution >= 0.6 is 11.6 Å². The van der Waals surface area contributed by atoms with Gasteiger partial charge < -0.3 is 14.9 Å². The molecular formula is C22H17ClN4O6. The Morgan fingerprint density at radius 2 is 2.00 bits per heavy atom. The number of hydrogen-bond donors (Lipinski definition) is 1. The van der Waals surface area contributed by atoms with Crippen LogP contribution in [0.2, 0.25) is 5.02 Å². The number of hydrazone groups is 1. The van der Waals surface area contributed by atoms with Gasteiger partial charge in [0.05, 0.1) is 22.5 Å². The van der Waals surface area contributed by atoms with Crippen LogP contribution in [0.5, 0.6) is 0 Å². The van der Waals surface area contributed by atoms with E-state index in [1.54, 1.807) is 36.4 Å². The number of halogens is 1. The molecule has 2 heterocycles. The second-order valence-electron chi connectivity index (χ2n) is 7.13. The Kier molecular flexibility index (Phi) is 6.09. The zero-order valence-corrected chi connectivity index (χ0v) is 17.8. The van der Waals surface area contributed by atoms with Gasteiger partial charge in [-0.1, -0.05) is 23.7 Å². The van der Waals surface area contributed by atoms with Crippen molar-refractivity contribution in [1.82, 2.24) is 5.01 Å². The lowest BCUT2D eigenvalue weighted by Crippen LogP contribution is -2.31. The molecule has 0 saturated carbocycles. The minimum atomic E-state index is -0.901. The predicted molar refractivity (Wildman–Crippen MR) is 119 cm³/mol. The van der Waals surface area contributed by atoms with Crippen molar-refractivity contribution in [2.75, 3.05) is 12.3 Å². The average Bonchev–Trinajstić information content (AvgIpc) is 3.48. The van der Waals surface area contributed by atoms with Crippen molar-refractivity contribution in [3.05, 3.63) is 92.9 Å². The minimum Gasteiger partial charge on any atom is -0.467 e. The number of nitro benzene ring substituents is 1. The van der Waals surface area contributed by atoms with Crippen LogP contribution in [0.25, 0.3) is 0 Å². The van der Waals surface area contributed by atoms with Crippen molar-refractivity contribution < 1.29 is 23.7 Å². The number of esters is 1. The van der Waals surface area contributed by atoms with E-state index >= 15 is 0 Å². The Balaban J connectivity index is 1.51. The maximum atomic E-state index is 12.9. The minimum absolute atomic E-state index is 0.0879. The van der Waals surface area contributed by atoms with Gasteiger partial charge in [-0.2, -0.15) is 5.10 Å². The van der Waals surface area contributed by atoms with Crippen LogP contribution in [-0.4, -0.2) is 34.1 Å². The van der Waals surface area contributed by atoms with Crippen molar-refractivity contribution >= 4 is 40.6 Å². The van der Waals surface area contributed by atoms with Crippen LogP contribution < -0.4 is 5.73 Å². The number of carbonyl (C=O) groups excluding carboxylic acids is 2. The third kappa shape index (κ3) is 4.70. The van der Waals surface area contributed by atoms with Gasteiger partial charge in [0.1, 0.15) is 17.5 Å². The lowest BCUT2D eigenvalue weighted by molar-refractivity contribution is -0.383. The molecule has 1 aromatic heterocycles. The molecule has 0 aliphatic carbocycles. The molecule has 1 atom stereocenters. The van der Waals surface area contributed by atoms with Crippen LogP contribution in [0.3, 0.4) is 0 Å². The average molecular weight is 469 g/mol. The number of benzene rings is 2. The van der Waals surface area contributed by atoms with E-state index < -0.39 is 35.1 Å². The molecule has 3 aromatic rings. The molecule has 1 aliphatic heterocycles. The van der Waals surface area contributed by atoms with Crippen LogP contribution in [0, 0.1) is 10.1 Å². The maximum Gasteiger partial charge on any atom is 0.338 e. The number of furan rings is 1. The number of carbonyl (C=O) groups is 2. The largest absolute Gasteiger partial charge is 0.467 e. The Morgan fingerprint density at radius 3 is 2.67 bits per heavy atom. The van der Waals surface area contributed by atoms with Gasteiger partial charge >= 0.3 is 5.97 Å². The summed E-state index contributed by atoms with van der Waals surface area (Å²) in [5, 5.41) is 17.2. The number of hydrogen-bond acceptors (Lipinski definition) is 8. The fraction of sp³-hybridized carbons (Fsp3) is 0.136. The summed E-state index contributed by atoms with van der Waals surface area (Å²) in [4.78, 5) is 35.6. The molecule has 168 valence electrons. The zero-order chi connectivity index (χ0) is 23.5. The smallest absolute Gasteiger partial charge is 0.338 e. The molecule has 1 unspecified atom stereocenters. The van der Waals surface area contributed by atoms with Crippen molar-refractivity contribution in [1.29, 1.82) is 0 Å². The van der Waals surface area contributed by atoms with Crippen LogP contribution in [-0.2, 0) is 9.53 Å². The topological polar surface area (TPSA) is 141 Å². The molecule has 1 amide bonds. The second-order valence-corrected chi connectivity index (χ2v) is 7.57. The molecular weight excluding hydrogens is 452 g/mol. The molecule has 2 N–H and O–H groups in total. The highest BCUT2D eigenvalue weighted by molar-refractivity contribution is 6.30. The fourth-order valence-corrected chi connectivity index (χ4v) is 3.49. The molecule has 4 rings (SSSR count). The van der Waals surface area contributed by atoms with E-state index in [0.29, 0.717) is 22.9 Å². The standard InChI is InChI=1S/C22H17ClN4O6/c23-15-6-3-13(4-7-15)17-11-19(20-2-1-9-32-20)26(25-17)21(28)12-33-22(29)14-5-8-16(24)18(10-14)27(30)31/h1-10,19H,11-12,24H2. The highest BCUT2D eigenvalue weighted by atomic mass is 35.5. The molecule has 0 radical (unpaired) electrons. The van der Waals surface area contributed by atoms with Crippen LogP contribution in [0.4, 0.5) is 11.4 Å². The van der Waals surface area contributed by atoms with Crippen LogP contribution in [0.15, 0.2) is 70.4 Å². The zero-order valence-electron chi connectivity index (χ0n) is 17.0. The highest BCUT2D eigenvalue weighted by Gasteiger charge is 2.35. The Bertz CT molecular complexity index is 1240. The van der Waals surface area contributed by atoms with Gasteiger partial charge in [0.25, 0.3) is 11.6 Å². The molecule has 0 bridgehead atoms. The first-order chi connectivity index (χ1) is 15.8. The number of amides is 1. The van der Waals surface area contributed by atoms with Gasteiger partial charge in [-0.05, 0) is 42.0 Å². The first kappa shape index (κ1) is 22.0. The summed E-state index contributed by atoms with van der Waals surface area (Å²) in [7, 11) is 0. The molecule has 1 aliphatic rings. The van der Waals surface area contributed by atoms with Crippen LogP contribution in [0.1, 0.15) is 34.1 Å². The number of anilines is 1. The number of rotatable bonds is 6. The summed E-state index contributed by atoms with van der Waals surface area (Å²) in [6.07, 6.45) is 1.88. The number of ether oxygens (including phenoxy) is 1. The number of nitrogens with two attached hydrogens (primary N) is 1. The molecule has 0 spiro atoms. The summed E-state index contributed by atoms with van der Waals surface area (Å²) in [5.41, 5.74) is 6.36. The molecule has 11 heteroatoms. The van der Waals surface area contributed by atoms with E-state index in [9.17, 15) is 19.7 Å². The lowest BCUT2D eigenvalue weighted by atomic mass is 10.0. The normalized spacial score (nSPS) is 15.2. The summed E-state index contributed by atoms with van der Waals surface area (Å²) in [6, 6.07) is 13.5. The van der Waals surface area contributed by atoms with E-state index in [0.717, 1.165) is 11.6 Å². The monoisotopic (exact) mass is 468 g/mol. The Morgan fingerprint density at radius 1 is 1.24 bits per heavy atom. The third-order valence-corrected chi connectivity index (χ3v) is 5.26. The summed E-state index contributed by atoms with van der Waals surface area (Å²) in [5.74, 6) is -0.961. The van der Waals surface area contributed by atoms with Gasteiger partial charge in [0.2, 0.25) is 0 Å². The van der Waals surface area contributed by atoms with Gasteiger partial charge in [-0.15, -0.1) is 0 Å². The molecule has 33 heavy (non-hydrogen) atoms. The summed E-state index contributed by atoms with van der Waals surface area (Å²) < 4.78 is 10.6. The first-order valence-electron chi connectivity index (χ1n) is 9.73. The molecule has 2 aromatic carbocycles. The van der Waals surface area contributed by atoms with E-state index in [1.165, 1.54) is 23.4 Å². The second kappa shape index (κ2) is 9.13. The SMILES string of the molecule is Nc1ccc(C(=O)OCC(=O)N2N=C(c3ccc(Cl)cc3)CC2c2ccco2)cc1[N+](=O)[O-]. The Hall–Kier alpha value is -4.18. The van der Waals surface area contributed by atoms with Crippen molar-refractivity contribution in [3.63, 3.8) is 0 Å². The van der Waals surface area contributed by atoms with Gasteiger partial charge in [0, 0.05) is 17.5 Å². The summed E-state index contributed by atoms with van der Waals surface area (Å²) in [6.45, 7) is -0.619. The van der Waals surface area contributed by atoms with E-state index in [-0.39, 0.29) is 11.3 Å². The van der Waals surface area contributed by atoms with Crippen molar-refractivity contribution in [3.8, 4) is 0 Å². The molecule has 0 saturated heterocycles. The first-order valence-corrected chi connectivity index (χ1v) is 10.1. The maximum absolute atomic E-state index is 12.9. The van der Waals surface area contributed by atoms with E-state index in [2.05, 4.69) is 5.10 Å². The number of nitrogen functional groups attached to an aromatic ring is 1. The van der Waals surface area contributed by atoms with Gasteiger partial charge in [-0.25, -0.2) is 9.80 Å². The third-order valence-electron chi connectivity index (χ3n) is 5.00. The number of nitro groups is 1. The number of nitrogens with zero attached hydrogens (tertiary/aromatic N) is 3. The van der Waals surface area contributed by atoms with E-state index in [4.69, 9.17) is 26.5 Å². The Labute approximate surface area is 192 Å². The van der Waals surface area contributed by atoms with Gasteiger partial charge in [0.15, 0.2) is 6.61 Å². The summed E-state index contributed by atoms with van der Waals surface area (Å²) >= 11 is 5.95. The molecule has 10 nitrogen and oxygen atoms in total. The van der Waals surface area contributed by atoms with Gasteiger partial charge in [-0.3, -0.25) is 14.9 Å². The van der Waals surface area contributed by atoms with E-state index in [1.807, 2.05) is 0 Å². The lowest BCUT2D eigenvalue weighted by Gasteiger charge is -2.19. The van der Waals surface area contributed by atoms with Crippen molar-refractivity contribution in [2.45, 2.75) is 12.5 Å². The highest BCUT2D eigenvalue weighted by Crippen LogP contribution is 2.33. The van der Waals surface area contributed by atoms with Crippen molar-refractivity contribution in [2.24, 2.45) is 5.10 Å². The molecule has 0 fully saturated rings. The quantitative estimate of drug-likeness (QED) is 0.250.